The van der Waals surface area contributed by atoms with Crippen molar-refractivity contribution in [2.24, 2.45) is 5.92 Å². The Balaban J connectivity index is 1.81. The molecule has 4 heteroatoms. The summed E-state index contributed by atoms with van der Waals surface area (Å²) in [5, 5.41) is 18.6. The molecule has 1 fully saturated rings. The zero-order chi connectivity index (χ0) is 16.2. The molecule has 1 saturated heterocycles. The number of aliphatic carboxylic acids is 1. The molecule has 1 N–H and O–H groups in total. The fourth-order valence-corrected chi connectivity index (χ4v) is 3.28. The maximum Gasteiger partial charge on any atom is 0.308 e. The van der Waals surface area contributed by atoms with Crippen LogP contribution in [0.4, 0.5) is 0 Å². The third-order valence-corrected chi connectivity index (χ3v) is 4.41. The Morgan fingerprint density at radius 2 is 1.96 bits per heavy atom. The molecule has 0 bridgehead atoms. The molecule has 116 valence electrons. The van der Waals surface area contributed by atoms with E-state index in [1.165, 1.54) is 5.56 Å². The normalized spacial score (nSPS) is 21.0. The molecule has 0 spiro atoms. The highest BCUT2D eigenvalue weighted by atomic mass is 16.4. The molecule has 0 amide bonds. The lowest BCUT2D eigenvalue weighted by Crippen LogP contribution is -2.23. The maximum atomic E-state index is 11.6. The molecule has 3 rings (SSSR count). The minimum atomic E-state index is -0.770. The van der Waals surface area contributed by atoms with Gasteiger partial charge >= 0.3 is 5.97 Å². The van der Waals surface area contributed by atoms with E-state index >= 15 is 0 Å². The number of hydrogen-bond acceptors (Lipinski definition) is 3. The van der Waals surface area contributed by atoms with Crippen molar-refractivity contribution in [2.75, 3.05) is 13.1 Å². The molecule has 1 aliphatic rings. The lowest BCUT2D eigenvalue weighted by atomic mass is 9.88. The highest BCUT2D eigenvalue weighted by Crippen LogP contribution is 2.34. The fraction of sp³-hybridized carbons (Fsp3) is 0.263. The molecule has 23 heavy (non-hydrogen) atoms. The largest absolute Gasteiger partial charge is 0.481 e. The molecule has 0 saturated carbocycles. The first kappa shape index (κ1) is 15.3. The van der Waals surface area contributed by atoms with Crippen LogP contribution in [-0.4, -0.2) is 29.1 Å². The van der Waals surface area contributed by atoms with Crippen molar-refractivity contribution < 1.29 is 9.90 Å². The Kier molecular flexibility index (Phi) is 4.40. The summed E-state index contributed by atoms with van der Waals surface area (Å²) in [5.74, 6) is -1.29. The molecule has 0 unspecified atom stereocenters. The molecule has 1 aliphatic heterocycles. The van der Waals surface area contributed by atoms with Crippen LogP contribution in [0, 0.1) is 17.2 Å². The van der Waals surface area contributed by atoms with Gasteiger partial charge in [0.15, 0.2) is 0 Å². The number of rotatable bonds is 4. The van der Waals surface area contributed by atoms with Crippen LogP contribution in [-0.2, 0) is 11.3 Å². The quantitative estimate of drug-likeness (QED) is 0.943. The summed E-state index contributed by atoms with van der Waals surface area (Å²) in [6, 6.07) is 19.5. The number of hydrogen-bond donors (Lipinski definition) is 1. The van der Waals surface area contributed by atoms with Crippen molar-refractivity contribution in [2.45, 2.75) is 12.5 Å². The number of nitrogens with zero attached hydrogens (tertiary/aromatic N) is 2. The van der Waals surface area contributed by atoms with Crippen LogP contribution < -0.4 is 0 Å². The van der Waals surface area contributed by atoms with Gasteiger partial charge in [0.25, 0.3) is 0 Å². The zero-order valence-corrected chi connectivity index (χ0v) is 12.7. The Labute approximate surface area is 135 Å². The van der Waals surface area contributed by atoms with Crippen molar-refractivity contribution in [3.63, 3.8) is 0 Å². The molecule has 2 aromatic carbocycles. The molecule has 1 heterocycles. The van der Waals surface area contributed by atoms with E-state index in [-0.39, 0.29) is 5.92 Å². The summed E-state index contributed by atoms with van der Waals surface area (Å²) < 4.78 is 0. The van der Waals surface area contributed by atoms with E-state index in [0.717, 1.165) is 12.1 Å². The Hall–Kier alpha value is -2.64. The molecule has 0 aliphatic carbocycles. The van der Waals surface area contributed by atoms with E-state index in [2.05, 4.69) is 23.1 Å². The van der Waals surface area contributed by atoms with Gasteiger partial charge in [-0.25, -0.2) is 0 Å². The average molecular weight is 306 g/mol. The van der Waals surface area contributed by atoms with Crippen molar-refractivity contribution in [1.29, 1.82) is 5.26 Å². The van der Waals surface area contributed by atoms with Crippen LogP contribution >= 0.6 is 0 Å². The summed E-state index contributed by atoms with van der Waals surface area (Å²) in [7, 11) is 0. The van der Waals surface area contributed by atoms with Gasteiger partial charge in [-0.2, -0.15) is 5.26 Å². The number of likely N-dealkylation sites (tertiary alicyclic amines) is 1. The highest BCUT2D eigenvalue weighted by molar-refractivity contribution is 5.72. The van der Waals surface area contributed by atoms with Gasteiger partial charge in [-0.15, -0.1) is 0 Å². The van der Waals surface area contributed by atoms with Crippen molar-refractivity contribution in [3.05, 3.63) is 71.3 Å². The average Bonchev–Trinajstić information content (AvgIpc) is 3.00. The minimum Gasteiger partial charge on any atom is -0.481 e. The van der Waals surface area contributed by atoms with Gasteiger partial charge in [0, 0.05) is 25.6 Å². The standard InChI is InChI=1S/C19H18N2O2/c20-10-15-7-4-8-16(9-15)17-12-21(13-18(17)19(22)23)11-14-5-2-1-3-6-14/h1-9,17-18H,11-13H2,(H,22,23)/t17-,18+/m0/s1. The SMILES string of the molecule is N#Cc1cccc([C@@H]2CN(Cc3ccccc3)C[C@H]2C(=O)O)c1. The summed E-state index contributed by atoms with van der Waals surface area (Å²) in [5.41, 5.74) is 2.70. The summed E-state index contributed by atoms with van der Waals surface area (Å²) in [6.07, 6.45) is 0. The Morgan fingerprint density at radius 3 is 2.65 bits per heavy atom. The van der Waals surface area contributed by atoms with Gasteiger partial charge in [-0.1, -0.05) is 42.5 Å². The smallest absolute Gasteiger partial charge is 0.308 e. The van der Waals surface area contributed by atoms with Crippen LogP contribution in [0.3, 0.4) is 0 Å². The van der Waals surface area contributed by atoms with E-state index in [1.807, 2.05) is 36.4 Å². The Morgan fingerprint density at radius 1 is 1.17 bits per heavy atom. The number of benzene rings is 2. The van der Waals surface area contributed by atoms with Crippen LogP contribution in [0.25, 0.3) is 0 Å². The molecular formula is C19H18N2O2. The molecule has 2 atom stereocenters. The van der Waals surface area contributed by atoms with Gasteiger partial charge in [-0.3, -0.25) is 9.69 Å². The fourth-order valence-electron chi connectivity index (χ4n) is 3.28. The number of carboxylic acids is 1. The second kappa shape index (κ2) is 6.64. The molecule has 2 aromatic rings. The summed E-state index contributed by atoms with van der Waals surface area (Å²) in [4.78, 5) is 13.8. The van der Waals surface area contributed by atoms with Crippen LogP contribution in [0.15, 0.2) is 54.6 Å². The van der Waals surface area contributed by atoms with E-state index in [4.69, 9.17) is 5.26 Å². The van der Waals surface area contributed by atoms with Gasteiger partial charge in [0.2, 0.25) is 0 Å². The summed E-state index contributed by atoms with van der Waals surface area (Å²) >= 11 is 0. The van der Waals surface area contributed by atoms with Crippen molar-refractivity contribution in [1.82, 2.24) is 4.90 Å². The zero-order valence-electron chi connectivity index (χ0n) is 12.7. The number of carboxylic acid groups (broad SMARTS) is 1. The minimum absolute atomic E-state index is 0.0792. The first-order chi connectivity index (χ1) is 11.2. The second-order valence-electron chi connectivity index (χ2n) is 5.97. The van der Waals surface area contributed by atoms with Crippen LogP contribution in [0.1, 0.15) is 22.6 Å². The molecule has 4 nitrogen and oxygen atoms in total. The van der Waals surface area contributed by atoms with Gasteiger partial charge in [0.1, 0.15) is 0 Å². The Bertz CT molecular complexity index is 737. The van der Waals surface area contributed by atoms with Crippen molar-refractivity contribution in [3.8, 4) is 6.07 Å². The topological polar surface area (TPSA) is 64.3 Å². The van der Waals surface area contributed by atoms with E-state index in [0.29, 0.717) is 18.7 Å². The van der Waals surface area contributed by atoms with Crippen LogP contribution in [0.5, 0.6) is 0 Å². The maximum absolute atomic E-state index is 11.6. The van der Waals surface area contributed by atoms with E-state index in [1.54, 1.807) is 6.07 Å². The third kappa shape index (κ3) is 3.41. The lowest BCUT2D eigenvalue weighted by molar-refractivity contribution is -0.141. The third-order valence-electron chi connectivity index (χ3n) is 4.41. The number of carbonyl (C=O) groups is 1. The van der Waals surface area contributed by atoms with Crippen molar-refractivity contribution >= 4 is 5.97 Å². The molecule has 0 aromatic heterocycles. The highest BCUT2D eigenvalue weighted by Gasteiger charge is 2.38. The second-order valence-corrected chi connectivity index (χ2v) is 5.97. The van der Waals surface area contributed by atoms with Gasteiger partial charge < -0.3 is 5.11 Å². The predicted molar refractivity (Wildman–Crippen MR) is 86.7 cm³/mol. The number of nitriles is 1. The van der Waals surface area contributed by atoms with Gasteiger partial charge in [0.05, 0.1) is 17.6 Å². The van der Waals surface area contributed by atoms with Gasteiger partial charge in [-0.05, 0) is 23.3 Å². The first-order valence-corrected chi connectivity index (χ1v) is 7.66. The van der Waals surface area contributed by atoms with Crippen LogP contribution in [0.2, 0.25) is 0 Å². The predicted octanol–water partition coefficient (Wildman–Crippen LogP) is 2.86. The molecular weight excluding hydrogens is 288 g/mol. The summed E-state index contributed by atoms with van der Waals surface area (Å²) in [6.45, 7) is 1.98. The monoisotopic (exact) mass is 306 g/mol. The molecule has 0 radical (unpaired) electrons. The van der Waals surface area contributed by atoms with E-state index < -0.39 is 11.9 Å². The lowest BCUT2D eigenvalue weighted by Gasteiger charge is -2.16. The first-order valence-electron chi connectivity index (χ1n) is 7.66. The van der Waals surface area contributed by atoms with E-state index in [9.17, 15) is 9.90 Å².